The summed E-state index contributed by atoms with van der Waals surface area (Å²) in [5, 5.41) is 3.01. The second kappa shape index (κ2) is 9.87. The van der Waals surface area contributed by atoms with Crippen molar-refractivity contribution in [1.82, 2.24) is 10.2 Å². The maximum atomic E-state index is 13.7. The lowest BCUT2D eigenvalue weighted by Crippen LogP contribution is -2.40. The van der Waals surface area contributed by atoms with Crippen LogP contribution in [0.2, 0.25) is 0 Å². The molecule has 1 N–H and O–H groups in total. The van der Waals surface area contributed by atoms with Gasteiger partial charge in [0.2, 0.25) is 9.84 Å². The van der Waals surface area contributed by atoms with Gasteiger partial charge in [-0.1, -0.05) is 49.4 Å². The first-order valence-electron chi connectivity index (χ1n) is 12.3. The highest BCUT2D eigenvalue weighted by Gasteiger charge is 2.36. The van der Waals surface area contributed by atoms with Crippen LogP contribution in [0.4, 0.5) is 5.69 Å². The number of likely N-dealkylation sites (N-methyl/N-ethyl adjacent to an activating group) is 1. The number of nitrogens with one attached hydrogen (secondary N) is 1. The van der Waals surface area contributed by atoms with Crippen LogP contribution in [0.25, 0.3) is 0 Å². The molecule has 3 aromatic carbocycles. The van der Waals surface area contributed by atoms with Crippen LogP contribution >= 0.6 is 0 Å². The van der Waals surface area contributed by atoms with Crippen LogP contribution < -0.4 is 10.2 Å². The van der Waals surface area contributed by atoms with Gasteiger partial charge in [0.25, 0.3) is 11.8 Å². The van der Waals surface area contributed by atoms with Crippen molar-refractivity contribution in [2.45, 2.75) is 42.1 Å². The number of amides is 2. The van der Waals surface area contributed by atoms with Crippen LogP contribution in [0.5, 0.6) is 0 Å². The van der Waals surface area contributed by atoms with E-state index in [-0.39, 0.29) is 33.5 Å². The highest BCUT2D eigenvalue weighted by molar-refractivity contribution is 7.91. The van der Waals surface area contributed by atoms with E-state index in [0.29, 0.717) is 18.2 Å². The Kier molecular flexibility index (Phi) is 6.64. The highest BCUT2D eigenvalue weighted by Crippen LogP contribution is 2.38. The van der Waals surface area contributed by atoms with E-state index in [1.165, 1.54) is 35.2 Å². The van der Waals surface area contributed by atoms with Crippen molar-refractivity contribution in [3.8, 4) is 0 Å². The molecule has 186 valence electrons. The first kappa shape index (κ1) is 24.2. The highest BCUT2D eigenvalue weighted by atomic mass is 32.2. The van der Waals surface area contributed by atoms with Gasteiger partial charge >= 0.3 is 0 Å². The number of benzene rings is 3. The first-order chi connectivity index (χ1) is 17.4. The lowest BCUT2D eigenvalue weighted by Gasteiger charge is -2.24. The molecule has 8 heteroatoms. The molecule has 0 spiro atoms. The largest absolute Gasteiger partial charge is 0.350 e. The molecule has 1 saturated heterocycles. The van der Waals surface area contributed by atoms with Gasteiger partial charge in [-0.2, -0.15) is 0 Å². The smallest absolute Gasteiger partial charge is 0.259 e. The maximum Gasteiger partial charge on any atom is 0.259 e. The Balaban J connectivity index is 1.54. The second-order valence-corrected chi connectivity index (χ2v) is 11.1. The monoisotopic (exact) mass is 503 g/mol. The number of anilines is 1. The molecule has 2 heterocycles. The number of hydrogen-bond donors (Lipinski definition) is 1. The third-order valence-corrected chi connectivity index (χ3v) is 8.90. The van der Waals surface area contributed by atoms with Crippen LogP contribution in [0.15, 0.2) is 82.6 Å². The Labute approximate surface area is 211 Å². The standard InChI is InChI=1S/C28H29N3O4S/c1-2-30-16-8-11-22(30)18-29-27(32)21-14-15-26-24(17-21)31(19-20-9-4-3-5-10-20)28(33)23-12-6-7-13-25(23)36(26,34)35/h3-7,9-10,12-15,17,22H,2,8,11,16,18-19H2,1H3,(H,29,32)/t22-/m1/s1. The molecule has 0 radical (unpaired) electrons. The van der Waals surface area contributed by atoms with Crippen molar-refractivity contribution < 1.29 is 18.0 Å². The molecule has 0 aromatic heterocycles. The average Bonchev–Trinajstić information content (AvgIpc) is 3.35. The molecule has 5 rings (SSSR count). The van der Waals surface area contributed by atoms with Crippen molar-refractivity contribution in [2.24, 2.45) is 0 Å². The molecular weight excluding hydrogens is 474 g/mol. The number of carbonyl (C=O) groups is 2. The van der Waals surface area contributed by atoms with Crippen LogP contribution in [0.3, 0.4) is 0 Å². The van der Waals surface area contributed by atoms with E-state index in [4.69, 9.17) is 0 Å². The van der Waals surface area contributed by atoms with Gasteiger partial charge in [0.15, 0.2) is 0 Å². The van der Waals surface area contributed by atoms with E-state index in [9.17, 15) is 18.0 Å². The number of fused-ring (bicyclic) bond motifs is 2. The summed E-state index contributed by atoms with van der Waals surface area (Å²) >= 11 is 0. The molecule has 0 bridgehead atoms. The zero-order chi connectivity index (χ0) is 25.3. The molecule has 2 amide bonds. The summed E-state index contributed by atoms with van der Waals surface area (Å²) in [5.74, 6) is -0.703. The van der Waals surface area contributed by atoms with Crippen molar-refractivity contribution >= 4 is 27.3 Å². The zero-order valence-electron chi connectivity index (χ0n) is 20.2. The lowest BCUT2D eigenvalue weighted by atomic mass is 10.1. The van der Waals surface area contributed by atoms with Crippen LogP contribution in [-0.4, -0.2) is 50.8 Å². The van der Waals surface area contributed by atoms with Gasteiger partial charge in [0.1, 0.15) is 0 Å². The molecule has 0 aliphatic carbocycles. The zero-order valence-corrected chi connectivity index (χ0v) is 21.0. The molecular formula is C28H29N3O4S. The summed E-state index contributed by atoms with van der Waals surface area (Å²) < 4.78 is 27.2. The number of likely N-dealkylation sites (tertiary alicyclic amines) is 1. The van der Waals surface area contributed by atoms with E-state index in [1.807, 2.05) is 30.3 Å². The van der Waals surface area contributed by atoms with Crippen LogP contribution in [0.1, 0.15) is 46.0 Å². The third kappa shape index (κ3) is 4.42. The summed E-state index contributed by atoms with van der Waals surface area (Å²) in [4.78, 5) is 30.6. The van der Waals surface area contributed by atoms with Crippen LogP contribution in [-0.2, 0) is 16.4 Å². The average molecular weight is 504 g/mol. The summed E-state index contributed by atoms with van der Waals surface area (Å²) in [6, 6.07) is 20.5. The predicted octanol–water partition coefficient (Wildman–Crippen LogP) is 3.89. The number of rotatable bonds is 6. The van der Waals surface area contributed by atoms with Gasteiger partial charge in [-0.25, -0.2) is 8.42 Å². The van der Waals surface area contributed by atoms with E-state index in [2.05, 4.69) is 17.1 Å². The van der Waals surface area contributed by atoms with E-state index < -0.39 is 15.7 Å². The van der Waals surface area contributed by atoms with Gasteiger partial charge in [-0.05, 0) is 61.8 Å². The number of sulfone groups is 1. The van der Waals surface area contributed by atoms with Crippen molar-refractivity contribution in [2.75, 3.05) is 24.5 Å². The molecule has 0 unspecified atom stereocenters. The molecule has 2 aliphatic rings. The van der Waals surface area contributed by atoms with Gasteiger partial charge < -0.3 is 10.2 Å². The third-order valence-electron chi connectivity index (χ3n) is 7.04. The Morgan fingerprint density at radius 2 is 1.75 bits per heavy atom. The predicted molar refractivity (Wildman–Crippen MR) is 138 cm³/mol. The van der Waals surface area contributed by atoms with E-state index in [1.54, 1.807) is 12.1 Å². The Hall–Kier alpha value is -3.49. The van der Waals surface area contributed by atoms with Crippen molar-refractivity contribution in [1.29, 1.82) is 0 Å². The number of nitrogens with zero attached hydrogens (tertiary/aromatic N) is 2. The molecule has 1 atom stereocenters. The topological polar surface area (TPSA) is 86.8 Å². The van der Waals surface area contributed by atoms with E-state index in [0.717, 1.165) is 31.5 Å². The molecule has 1 fully saturated rings. The van der Waals surface area contributed by atoms with Gasteiger partial charge in [0, 0.05) is 18.2 Å². The first-order valence-corrected chi connectivity index (χ1v) is 13.7. The summed E-state index contributed by atoms with van der Waals surface area (Å²) in [6.07, 6.45) is 2.15. The summed E-state index contributed by atoms with van der Waals surface area (Å²) in [5.41, 5.74) is 1.51. The molecule has 36 heavy (non-hydrogen) atoms. The Morgan fingerprint density at radius 1 is 1.00 bits per heavy atom. The normalized spacial score (nSPS) is 18.9. The van der Waals surface area contributed by atoms with E-state index >= 15 is 0 Å². The second-order valence-electron chi connectivity index (χ2n) is 9.19. The lowest BCUT2D eigenvalue weighted by molar-refractivity contribution is 0.0938. The van der Waals surface area contributed by atoms with Crippen LogP contribution in [0, 0.1) is 0 Å². The summed E-state index contributed by atoms with van der Waals surface area (Å²) in [7, 11) is -3.98. The molecule has 0 saturated carbocycles. The Morgan fingerprint density at radius 3 is 2.53 bits per heavy atom. The fourth-order valence-electron chi connectivity index (χ4n) is 5.13. The van der Waals surface area contributed by atoms with Crippen molar-refractivity contribution in [3.05, 3.63) is 89.5 Å². The molecule has 3 aromatic rings. The summed E-state index contributed by atoms with van der Waals surface area (Å²) in [6.45, 7) is 4.79. The quantitative estimate of drug-likeness (QED) is 0.552. The SMILES string of the molecule is CCN1CCC[C@@H]1CNC(=O)c1ccc2c(c1)N(Cc1ccccc1)C(=O)c1ccccc1S2(=O)=O. The fraction of sp³-hybridized carbons (Fsp3) is 0.286. The maximum absolute atomic E-state index is 13.7. The van der Waals surface area contributed by atoms with Crippen molar-refractivity contribution in [3.63, 3.8) is 0 Å². The van der Waals surface area contributed by atoms with Gasteiger partial charge in [0.05, 0.1) is 27.6 Å². The number of carbonyl (C=O) groups excluding carboxylic acids is 2. The number of hydrogen-bond acceptors (Lipinski definition) is 5. The molecule has 2 aliphatic heterocycles. The minimum Gasteiger partial charge on any atom is -0.350 e. The van der Waals surface area contributed by atoms with Gasteiger partial charge in [-0.15, -0.1) is 0 Å². The van der Waals surface area contributed by atoms with Gasteiger partial charge in [-0.3, -0.25) is 14.5 Å². The minimum atomic E-state index is -3.98. The Bertz CT molecular complexity index is 1410. The minimum absolute atomic E-state index is 0.0150. The fourth-order valence-corrected chi connectivity index (χ4v) is 6.76. The molecule has 7 nitrogen and oxygen atoms in total.